The lowest BCUT2D eigenvalue weighted by molar-refractivity contribution is -0.0439. The molecule has 1 saturated heterocycles. The summed E-state index contributed by atoms with van der Waals surface area (Å²) in [7, 11) is 0. The minimum absolute atomic E-state index is 0.00474. The monoisotopic (exact) mass is 502 g/mol. The van der Waals surface area contributed by atoms with Gasteiger partial charge in [0.25, 0.3) is 5.91 Å². The molecule has 4 atom stereocenters. The highest BCUT2D eigenvalue weighted by Gasteiger charge is 2.57. The van der Waals surface area contributed by atoms with E-state index < -0.39 is 6.17 Å². The zero-order valence-electron chi connectivity index (χ0n) is 20.2. The van der Waals surface area contributed by atoms with Crippen LogP contribution in [0.25, 0.3) is 11.0 Å². The van der Waals surface area contributed by atoms with Gasteiger partial charge in [-0.2, -0.15) is 20.3 Å². The summed E-state index contributed by atoms with van der Waals surface area (Å²) in [6.07, 6.45) is 4.89. The summed E-state index contributed by atoms with van der Waals surface area (Å²) in [5.74, 6) is 0.730. The topological polar surface area (TPSA) is 133 Å². The Kier molecular flexibility index (Phi) is 5.06. The van der Waals surface area contributed by atoms with Crippen molar-refractivity contribution < 1.29 is 13.9 Å². The minimum Gasteiger partial charge on any atom is -0.463 e. The SMILES string of the molecule is N#C[C@@H]1C[C@@H]1COc1nc(C(=O)NC23CC(C2)C3)cc(N2CC[C@H](c3n[nH]c4ncccc34)[C@H](F)C2)n1. The fraction of sp³-hybridized carbons (Fsp3) is 0.538. The number of pyridine rings is 1. The molecule has 3 aromatic heterocycles. The second kappa shape index (κ2) is 8.36. The number of nitriles is 1. The maximum absolute atomic E-state index is 15.6. The molecule has 4 saturated carbocycles. The molecule has 11 heteroatoms. The number of piperidine rings is 1. The molecule has 4 aliphatic carbocycles. The number of carbonyl (C=O) groups excluding carboxylic acids is 1. The van der Waals surface area contributed by atoms with Crippen LogP contribution in [0, 0.1) is 29.1 Å². The highest BCUT2D eigenvalue weighted by molar-refractivity contribution is 5.94. The third-order valence-electron chi connectivity index (χ3n) is 8.44. The maximum Gasteiger partial charge on any atom is 0.319 e. The number of hydrogen-bond acceptors (Lipinski definition) is 8. The van der Waals surface area contributed by atoms with E-state index in [-0.39, 0.29) is 47.4 Å². The van der Waals surface area contributed by atoms with Crippen LogP contribution in [0.3, 0.4) is 0 Å². The Bertz CT molecular complexity index is 1400. The Hall–Kier alpha value is -3.81. The van der Waals surface area contributed by atoms with Gasteiger partial charge in [0.05, 0.1) is 30.8 Å². The molecule has 190 valence electrons. The van der Waals surface area contributed by atoms with Gasteiger partial charge in [-0.15, -0.1) is 0 Å². The Balaban J connectivity index is 1.11. The summed E-state index contributed by atoms with van der Waals surface area (Å²) in [4.78, 5) is 28.1. The van der Waals surface area contributed by atoms with E-state index in [1.807, 2.05) is 17.0 Å². The number of carbonyl (C=O) groups is 1. The molecule has 37 heavy (non-hydrogen) atoms. The van der Waals surface area contributed by atoms with Gasteiger partial charge in [0.15, 0.2) is 5.65 Å². The van der Waals surface area contributed by atoms with Crippen molar-refractivity contribution in [2.75, 3.05) is 24.6 Å². The number of amides is 1. The number of halogens is 1. The van der Waals surface area contributed by atoms with Crippen LogP contribution in [0.1, 0.15) is 54.2 Å². The standard InChI is InChI=1S/C26H27FN8O2/c27-19-12-35(5-3-17(19)22-18-2-1-4-29-23(18)34-33-22)21-7-20(24(36)32-26-8-14(9-26)10-26)30-25(31-21)37-13-16-6-15(16)11-28/h1-2,4,7,14-17,19H,3,5-6,8-10,12-13H2,(H,32,36)(H,29,33,34)/t14?,15-,16+,17-,19+,26?/m0/s1. The Morgan fingerprint density at radius 2 is 2.22 bits per heavy atom. The van der Waals surface area contributed by atoms with Crippen molar-refractivity contribution >= 4 is 22.8 Å². The van der Waals surface area contributed by atoms with E-state index in [0.29, 0.717) is 36.7 Å². The zero-order valence-corrected chi connectivity index (χ0v) is 20.2. The average Bonchev–Trinajstić information content (AvgIpc) is 3.51. The molecule has 4 heterocycles. The molecule has 0 unspecified atom stereocenters. The van der Waals surface area contributed by atoms with Crippen LogP contribution in [-0.2, 0) is 0 Å². The van der Waals surface area contributed by atoms with Crippen molar-refractivity contribution in [1.29, 1.82) is 5.26 Å². The summed E-state index contributed by atoms with van der Waals surface area (Å²) < 4.78 is 21.4. The zero-order chi connectivity index (χ0) is 25.1. The number of rotatable bonds is 7. The molecule has 0 aromatic carbocycles. The number of fused-ring (bicyclic) bond motifs is 1. The first-order valence-corrected chi connectivity index (χ1v) is 12.9. The van der Waals surface area contributed by atoms with Crippen LogP contribution in [0.4, 0.5) is 10.2 Å². The molecule has 2 bridgehead atoms. The van der Waals surface area contributed by atoms with E-state index >= 15 is 4.39 Å². The van der Waals surface area contributed by atoms with Gasteiger partial charge in [-0.1, -0.05) is 0 Å². The largest absolute Gasteiger partial charge is 0.463 e. The lowest BCUT2D eigenvalue weighted by Crippen LogP contribution is -2.68. The molecule has 1 amide bonds. The molecule has 0 spiro atoms. The number of aromatic nitrogens is 5. The smallest absolute Gasteiger partial charge is 0.319 e. The summed E-state index contributed by atoms with van der Waals surface area (Å²) in [6, 6.07) is 7.69. The summed E-state index contributed by atoms with van der Waals surface area (Å²) in [5, 5.41) is 20.3. The van der Waals surface area contributed by atoms with Crippen molar-refractivity contribution in [2.24, 2.45) is 17.8 Å². The average molecular weight is 503 g/mol. The van der Waals surface area contributed by atoms with Gasteiger partial charge in [-0.3, -0.25) is 9.89 Å². The van der Waals surface area contributed by atoms with Crippen molar-refractivity contribution in [3.05, 3.63) is 35.8 Å². The van der Waals surface area contributed by atoms with Gasteiger partial charge in [0.1, 0.15) is 17.7 Å². The molecule has 1 aliphatic heterocycles. The third kappa shape index (κ3) is 3.95. The summed E-state index contributed by atoms with van der Waals surface area (Å²) >= 11 is 0. The van der Waals surface area contributed by atoms with Gasteiger partial charge in [0, 0.05) is 41.6 Å². The number of ether oxygens (including phenoxy) is 1. The molecular weight excluding hydrogens is 475 g/mol. The van der Waals surface area contributed by atoms with Crippen LogP contribution >= 0.6 is 0 Å². The first kappa shape index (κ1) is 22.4. The molecule has 2 N–H and O–H groups in total. The number of alkyl halides is 1. The fourth-order valence-electron chi connectivity index (χ4n) is 6.04. The quantitative estimate of drug-likeness (QED) is 0.504. The normalized spacial score (nSPS) is 31.7. The van der Waals surface area contributed by atoms with E-state index in [0.717, 1.165) is 37.0 Å². The van der Waals surface area contributed by atoms with E-state index in [1.54, 1.807) is 12.3 Å². The van der Waals surface area contributed by atoms with Crippen molar-refractivity contribution in [3.63, 3.8) is 0 Å². The van der Waals surface area contributed by atoms with E-state index in [1.165, 1.54) is 0 Å². The molecule has 3 aromatic rings. The number of hydrogen-bond donors (Lipinski definition) is 2. The predicted molar refractivity (Wildman–Crippen MR) is 131 cm³/mol. The van der Waals surface area contributed by atoms with Gasteiger partial charge in [0.2, 0.25) is 0 Å². The van der Waals surface area contributed by atoms with E-state index in [9.17, 15) is 4.79 Å². The first-order chi connectivity index (χ1) is 18.0. The molecule has 10 nitrogen and oxygen atoms in total. The molecular formula is C26H27FN8O2. The lowest BCUT2D eigenvalue weighted by Gasteiger charge is -2.61. The van der Waals surface area contributed by atoms with Gasteiger partial charge < -0.3 is 15.0 Å². The number of anilines is 1. The third-order valence-corrected chi connectivity index (χ3v) is 8.44. The van der Waals surface area contributed by atoms with Crippen LogP contribution in [0.2, 0.25) is 0 Å². The summed E-state index contributed by atoms with van der Waals surface area (Å²) in [6.45, 7) is 0.978. The predicted octanol–water partition coefficient (Wildman–Crippen LogP) is 2.90. The first-order valence-electron chi connectivity index (χ1n) is 12.9. The second-order valence-corrected chi connectivity index (χ2v) is 11.0. The highest BCUT2D eigenvalue weighted by Crippen LogP contribution is 2.57. The van der Waals surface area contributed by atoms with Crippen molar-refractivity contribution in [1.82, 2.24) is 30.5 Å². The van der Waals surface area contributed by atoms with E-state index in [4.69, 9.17) is 10.00 Å². The molecule has 5 aliphatic rings. The lowest BCUT2D eigenvalue weighted by atomic mass is 9.50. The van der Waals surface area contributed by atoms with Gasteiger partial charge in [-0.25, -0.2) is 9.37 Å². The molecule has 5 fully saturated rings. The number of H-pyrrole nitrogens is 1. The number of nitrogens with one attached hydrogen (secondary N) is 2. The highest BCUT2D eigenvalue weighted by atomic mass is 19.1. The fourth-order valence-corrected chi connectivity index (χ4v) is 6.04. The van der Waals surface area contributed by atoms with Crippen LogP contribution < -0.4 is 15.0 Å². The van der Waals surface area contributed by atoms with Crippen LogP contribution in [-0.4, -0.2) is 62.5 Å². The maximum atomic E-state index is 15.6. The minimum atomic E-state index is -1.18. The van der Waals surface area contributed by atoms with Gasteiger partial charge in [-0.05, 0) is 50.2 Å². The second-order valence-electron chi connectivity index (χ2n) is 11.0. The number of aromatic amines is 1. The van der Waals surface area contributed by atoms with Gasteiger partial charge >= 0.3 is 6.01 Å². The van der Waals surface area contributed by atoms with Crippen molar-refractivity contribution in [3.8, 4) is 12.1 Å². The Morgan fingerprint density at radius 1 is 1.35 bits per heavy atom. The summed E-state index contributed by atoms with van der Waals surface area (Å²) in [5.41, 5.74) is 1.47. The Labute approximate surface area is 212 Å². The number of nitrogens with zero attached hydrogens (tertiary/aromatic N) is 6. The van der Waals surface area contributed by atoms with Crippen molar-refractivity contribution in [2.45, 2.75) is 49.7 Å². The molecule has 8 rings (SSSR count). The molecule has 0 radical (unpaired) electrons. The van der Waals surface area contributed by atoms with E-state index in [2.05, 4.69) is 36.5 Å². The van der Waals surface area contributed by atoms with Crippen LogP contribution in [0.5, 0.6) is 6.01 Å². The Morgan fingerprint density at radius 3 is 2.95 bits per heavy atom. The van der Waals surface area contributed by atoms with Crippen LogP contribution in [0.15, 0.2) is 24.4 Å².